The summed E-state index contributed by atoms with van der Waals surface area (Å²) in [6, 6.07) is 9.06. The SMILES string of the molecule is O=C(O)Cc1ccc(-c2ccc(Cl)cc2Cl)c(F)c1. The molecule has 19 heavy (non-hydrogen) atoms. The fraction of sp³-hybridized carbons (Fsp3) is 0.0714. The molecule has 0 atom stereocenters. The number of hydrogen-bond acceptors (Lipinski definition) is 1. The molecular formula is C14H9Cl2FO2. The van der Waals surface area contributed by atoms with Crippen molar-refractivity contribution in [1.82, 2.24) is 0 Å². The summed E-state index contributed by atoms with van der Waals surface area (Å²) in [5.41, 5.74) is 1.24. The predicted octanol–water partition coefficient (Wildman–Crippen LogP) is 4.43. The van der Waals surface area contributed by atoms with Crippen molar-refractivity contribution in [2.24, 2.45) is 0 Å². The van der Waals surface area contributed by atoms with Gasteiger partial charge in [0.05, 0.1) is 6.42 Å². The van der Waals surface area contributed by atoms with Gasteiger partial charge in [0.15, 0.2) is 0 Å². The molecule has 0 aromatic heterocycles. The van der Waals surface area contributed by atoms with Gasteiger partial charge in [0.25, 0.3) is 0 Å². The zero-order chi connectivity index (χ0) is 14.0. The van der Waals surface area contributed by atoms with Crippen LogP contribution in [-0.4, -0.2) is 11.1 Å². The van der Waals surface area contributed by atoms with Crippen LogP contribution in [-0.2, 0) is 11.2 Å². The molecule has 2 aromatic carbocycles. The molecule has 0 saturated heterocycles. The van der Waals surface area contributed by atoms with Crippen LogP contribution in [0.25, 0.3) is 11.1 Å². The van der Waals surface area contributed by atoms with Crippen molar-refractivity contribution in [1.29, 1.82) is 0 Å². The van der Waals surface area contributed by atoms with E-state index in [2.05, 4.69) is 0 Å². The third-order valence-corrected chi connectivity index (χ3v) is 3.16. The minimum Gasteiger partial charge on any atom is -0.481 e. The Kier molecular flexibility index (Phi) is 4.08. The molecule has 5 heteroatoms. The minimum absolute atomic E-state index is 0.217. The fourth-order valence-corrected chi connectivity index (χ4v) is 2.28. The van der Waals surface area contributed by atoms with E-state index in [1.165, 1.54) is 18.2 Å². The van der Waals surface area contributed by atoms with Gasteiger partial charge < -0.3 is 5.11 Å². The zero-order valence-electron chi connectivity index (χ0n) is 9.66. The normalized spacial score (nSPS) is 10.5. The highest BCUT2D eigenvalue weighted by Gasteiger charge is 2.11. The molecule has 0 aliphatic rings. The maximum Gasteiger partial charge on any atom is 0.307 e. The number of rotatable bonds is 3. The summed E-state index contributed by atoms with van der Waals surface area (Å²) in [7, 11) is 0. The van der Waals surface area contributed by atoms with Crippen molar-refractivity contribution in [2.45, 2.75) is 6.42 Å². The van der Waals surface area contributed by atoms with Crippen LogP contribution in [0.2, 0.25) is 10.0 Å². The van der Waals surface area contributed by atoms with Gasteiger partial charge >= 0.3 is 5.97 Å². The molecule has 0 spiro atoms. The summed E-state index contributed by atoms with van der Waals surface area (Å²) in [5, 5.41) is 9.47. The lowest BCUT2D eigenvalue weighted by Crippen LogP contribution is -2.00. The Labute approximate surface area is 119 Å². The summed E-state index contributed by atoms with van der Waals surface area (Å²) in [4.78, 5) is 10.6. The topological polar surface area (TPSA) is 37.3 Å². The Morgan fingerprint density at radius 3 is 2.37 bits per heavy atom. The average molecular weight is 299 g/mol. The maximum absolute atomic E-state index is 14.0. The standard InChI is InChI=1S/C14H9Cl2FO2/c15-9-2-4-10(12(16)7-9)11-3-1-8(5-13(11)17)6-14(18)19/h1-5,7H,6H2,(H,18,19). The molecule has 0 saturated carbocycles. The molecule has 0 aliphatic heterocycles. The second kappa shape index (κ2) is 5.59. The second-order valence-corrected chi connectivity index (χ2v) is 4.85. The molecule has 0 unspecified atom stereocenters. The third kappa shape index (κ3) is 3.25. The van der Waals surface area contributed by atoms with E-state index in [9.17, 15) is 9.18 Å². The van der Waals surface area contributed by atoms with Crippen LogP contribution in [0, 0.1) is 5.82 Å². The number of halogens is 3. The Bertz CT molecular complexity index is 641. The molecule has 0 amide bonds. The quantitative estimate of drug-likeness (QED) is 0.910. The van der Waals surface area contributed by atoms with Gasteiger partial charge in [0, 0.05) is 21.2 Å². The number of carboxylic acid groups (broad SMARTS) is 1. The van der Waals surface area contributed by atoms with Crippen molar-refractivity contribution in [3.05, 3.63) is 57.8 Å². The highest BCUT2D eigenvalue weighted by molar-refractivity contribution is 6.36. The Balaban J connectivity index is 2.43. The molecule has 0 fully saturated rings. The lowest BCUT2D eigenvalue weighted by Gasteiger charge is -2.08. The van der Waals surface area contributed by atoms with E-state index < -0.39 is 11.8 Å². The van der Waals surface area contributed by atoms with Crippen LogP contribution in [0.15, 0.2) is 36.4 Å². The van der Waals surface area contributed by atoms with Crippen LogP contribution in [0.5, 0.6) is 0 Å². The van der Waals surface area contributed by atoms with Gasteiger partial charge in [-0.3, -0.25) is 4.79 Å². The molecule has 1 N–H and O–H groups in total. The van der Waals surface area contributed by atoms with Crippen molar-refractivity contribution < 1.29 is 14.3 Å². The van der Waals surface area contributed by atoms with E-state index in [0.29, 0.717) is 26.7 Å². The number of benzene rings is 2. The van der Waals surface area contributed by atoms with Gasteiger partial charge in [0.1, 0.15) is 5.82 Å². The summed E-state index contributed by atoms with van der Waals surface area (Å²) in [5.74, 6) is -1.51. The molecule has 2 nitrogen and oxygen atoms in total. The second-order valence-electron chi connectivity index (χ2n) is 4.01. The number of hydrogen-bond donors (Lipinski definition) is 1. The molecule has 0 radical (unpaired) electrons. The maximum atomic E-state index is 14.0. The monoisotopic (exact) mass is 298 g/mol. The van der Waals surface area contributed by atoms with E-state index in [4.69, 9.17) is 28.3 Å². The van der Waals surface area contributed by atoms with Gasteiger partial charge in [-0.1, -0.05) is 41.4 Å². The summed E-state index contributed by atoms with van der Waals surface area (Å²) in [6.07, 6.45) is -0.217. The molecule has 98 valence electrons. The van der Waals surface area contributed by atoms with Crippen molar-refractivity contribution >= 4 is 29.2 Å². The van der Waals surface area contributed by atoms with Crippen LogP contribution < -0.4 is 0 Å². The first-order valence-corrected chi connectivity index (χ1v) is 6.18. The fourth-order valence-electron chi connectivity index (χ4n) is 1.77. The average Bonchev–Trinajstić information content (AvgIpc) is 2.30. The molecule has 0 aliphatic carbocycles. The molecule has 0 bridgehead atoms. The number of carbonyl (C=O) groups is 1. The minimum atomic E-state index is -1.00. The van der Waals surface area contributed by atoms with Gasteiger partial charge in [-0.25, -0.2) is 4.39 Å². The van der Waals surface area contributed by atoms with E-state index in [1.54, 1.807) is 18.2 Å². The number of carboxylic acids is 1. The van der Waals surface area contributed by atoms with E-state index in [0.717, 1.165) is 0 Å². The summed E-state index contributed by atoms with van der Waals surface area (Å²) < 4.78 is 14.0. The summed E-state index contributed by atoms with van der Waals surface area (Å²) in [6.45, 7) is 0. The Morgan fingerprint density at radius 2 is 1.79 bits per heavy atom. The van der Waals surface area contributed by atoms with Gasteiger partial charge in [-0.2, -0.15) is 0 Å². The first-order valence-electron chi connectivity index (χ1n) is 5.43. The van der Waals surface area contributed by atoms with Crippen LogP contribution in [0.1, 0.15) is 5.56 Å². The van der Waals surface area contributed by atoms with Crippen LogP contribution >= 0.6 is 23.2 Å². The number of aliphatic carboxylic acids is 1. The Hall–Kier alpha value is -1.58. The van der Waals surface area contributed by atoms with Crippen LogP contribution in [0.4, 0.5) is 4.39 Å². The largest absolute Gasteiger partial charge is 0.481 e. The van der Waals surface area contributed by atoms with Crippen molar-refractivity contribution in [3.63, 3.8) is 0 Å². The lowest BCUT2D eigenvalue weighted by atomic mass is 10.0. The van der Waals surface area contributed by atoms with Gasteiger partial charge in [-0.05, 0) is 23.8 Å². The smallest absolute Gasteiger partial charge is 0.307 e. The van der Waals surface area contributed by atoms with Crippen molar-refractivity contribution in [3.8, 4) is 11.1 Å². The van der Waals surface area contributed by atoms with Gasteiger partial charge in [0.2, 0.25) is 0 Å². The van der Waals surface area contributed by atoms with Crippen LogP contribution in [0.3, 0.4) is 0 Å². The van der Waals surface area contributed by atoms with E-state index in [1.807, 2.05) is 0 Å². The highest BCUT2D eigenvalue weighted by atomic mass is 35.5. The first-order chi connectivity index (χ1) is 8.97. The third-order valence-electron chi connectivity index (χ3n) is 2.61. The molecule has 0 heterocycles. The van der Waals surface area contributed by atoms with Crippen molar-refractivity contribution in [2.75, 3.05) is 0 Å². The van der Waals surface area contributed by atoms with Gasteiger partial charge in [-0.15, -0.1) is 0 Å². The molecule has 2 aromatic rings. The zero-order valence-corrected chi connectivity index (χ0v) is 11.2. The van der Waals surface area contributed by atoms with E-state index >= 15 is 0 Å². The highest BCUT2D eigenvalue weighted by Crippen LogP contribution is 2.32. The lowest BCUT2D eigenvalue weighted by molar-refractivity contribution is -0.136. The van der Waals surface area contributed by atoms with E-state index in [-0.39, 0.29) is 6.42 Å². The summed E-state index contributed by atoms with van der Waals surface area (Å²) >= 11 is 11.8. The molecule has 2 rings (SSSR count). The molecular weight excluding hydrogens is 290 g/mol. The predicted molar refractivity (Wildman–Crippen MR) is 73.2 cm³/mol. The Morgan fingerprint density at radius 1 is 1.11 bits per heavy atom. The first kappa shape index (κ1) is 13.8.